The zero-order chi connectivity index (χ0) is 53.1. The number of hydrogen-bond donors (Lipinski definition) is 0. The van der Waals surface area contributed by atoms with Crippen molar-refractivity contribution in [3.8, 4) is 17.4 Å². The van der Waals surface area contributed by atoms with E-state index in [1.807, 2.05) is 12.7 Å². The van der Waals surface area contributed by atoms with Crippen molar-refractivity contribution in [3.63, 3.8) is 0 Å². The quantitative estimate of drug-likeness (QED) is 0.162. The molecule has 0 unspecified atom stereocenters. The highest BCUT2D eigenvalue weighted by molar-refractivity contribution is 6.36. The molecule has 0 radical (unpaired) electrons. The maximum Gasteiger partial charge on any atom is 0.193 e. The molecule has 11 aromatic carbocycles. The molecule has 82 heavy (non-hydrogen) atoms. The lowest BCUT2D eigenvalue weighted by Gasteiger charge is -2.43. The van der Waals surface area contributed by atoms with Crippen molar-refractivity contribution in [1.29, 1.82) is 5.26 Å². The Bertz CT molecular complexity index is 5480. The van der Waals surface area contributed by atoms with Crippen molar-refractivity contribution in [1.82, 2.24) is 27.9 Å². The van der Waals surface area contributed by atoms with Crippen molar-refractivity contribution in [2.75, 3.05) is 0 Å². The number of rotatable bonds is 2. The van der Waals surface area contributed by atoms with Crippen LogP contribution >= 0.6 is 0 Å². The summed E-state index contributed by atoms with van der Waals surface area (Å²) in [5.41, 5.74) is 28.9. The van der Waals surface area contributed by atoms with Gasteiger partial charge >= 0.3 is 0 Å². The van der Waals surface area contributed by atoms with E-state index in [1.165, 1.54) is 66.4 Å². The Morgan fingerprint density at radius 3 is 1.16 bits per heavy atom. The predicted molar refractivity (Wildman–Crippen MR) is 326 cm³/mol. The normalized spacial score (nSPS) is 17.2. The molecule has 0 N–H and O–H groups in total. The molecule has 374 valence electrons. The Morgan fingerprint density at radius 2 is 0.744 bits per heavy atom. The number of fused-ring (bicyclic) bond motifs is 16. The summed E-state index contributed by atoms with van der Waals surface area (Å²) in [5.74, 6) is -0.254. The van der Waals surface area contributed by atoms with E-state index < -0.39 is 0 Å². The van der Waals surface area contributed by atoms with Crippen LogP contribution in [-0.4, -0.2) is 27.9 Å². The highest BCUT2D eigenvalue weighted by atomic mass is 15.1. The van der Waals surface area contributed by atoms with Crippen molar-refractivity contribution < 1.29 is 0 Å². The van der Waals surface area contributed by atoms with Crippen LogP contribution in [0.15, 0.2) is 207 Å². The minimum Gasteiger partial charge on any atom is -0.309 e. The zero-order valence-electron chi connectivity index (χ0n) is 43.5. The van der Waals surface area contributed by atoms with Gasteiger partial charge in [-0.25, -0.2) is 14.8 Å². The summed E-state index contributed by atoms with van der Waals surface area (Å²) in [6.07, 6.45) is 3.98. The summed E-state index contributed by atoms with van der Waals surface area (Å²) >= 11 is 0. The van der Waals surface area contributed by atoms with E-state index in [1.54, 1.807) is 0 Å². The Morgan fingerprint density at radius 1 is 0.378 bits per heavy atom. The van der Waals surface area contributed by atoms with Crippen molar-refractivity contribution in [2.24, 2.45) is 0 Å². The monoisotopic (exact) mass is 1040 g/mol. The number of para-hydroxylation sites is 2. The van der Waals surface area contributed by atoms with Crippen molar-refractivity contribution in [2.45, 2.75) is 23.7 Å². The Hall–Kier alpha value is -11.1. The molecule has 0 fully saturated rings. The van der Waals surface area contributed by atoms with Gasteiger partial charge in [-0.05, 0) is 127 Å². The third kappa shape index (κ3) is 4.60. The molecule has 0 spiro atoms. The number of benzene rings is 11. The van der Waals surface area contributed by atoms with Crippen LogP contribution in [0.4, 0.5) is 5.69 Å². The molecule has 8 heteroatoms. The second kappa shape index (κ2) is 14.2. The van der Waals surface area contributed by atoms with E-state index in [4.69, 9.17) is 16.5 Å². The first-order valence-electron chi connectivity index (χ1n) is 28.2. The molecule has 8 nitrogen and oxygen atoms in total. The van der Waals surface area contributed by atoms with Gasteiger partial charge in [0.25, 0.3) is 0 Å². The molecular formula is C74H38N8. The Labute approximate surface area is 466 Å². The lowest BCUT2D eigenvalue weighted by atomic mass is 9.59. The lowest BCUT2D eigenvalue weighted by Crippen LogP contribution is -2.28. The van der Waals surface area contributed by atoms with E-state index in [0.29, 0.717) is 11.3 Å². The lowest BCUT2D eigenvalue weighted by molar-refractivity contribution is 0.759. The van der Waals surface area contributed by atoms with Crippen LogP contribution in [0, 0.1) is 17.9 Å². The molecule has 23 rings (SSSR count). The second-order valence-corrected chi connectivity index (χ2v) is 23.2. The third-order valence-electron chi connectivity index (χ3n) is 19.9. The van der Waals surface area contributed by atoms with Crippen LogP contribution in [0.5, 0.6) is 0 Å². The van der Waals surface area contributed by atoms with Crippen molar-refractivity contribution in [3.05, 3.63) is 291 Å². The summed E-state index contributed by atoms with van der Waals surface area (Å²) in [6, 6.07) is 73.6. The Balaban J connectivity index is 0.966. The average Bonchev–Trinajstić information content (AvgIpc) is 2.79. The van der Waals surface area contributed by atoms with E-state index in [-0.39, 0.29) is 23.7 Å². The molecule has 0 saturated heterocycles. The number of aromatic nitrogens is 6. The summed E-state index contributed by atoms with van der Waals surface area (Å²) < 4.78 is 9.44. The molecule has 6 aromatic heterocycles. The maximum atomic E-state index is 11.5. The van der Waals surface area contributed by atoms with Crippen LogP contribution in [0.25, 0.3) is 114 Å². The molecule has 4 bridgehead atoms. The van der Waals surface area contributed by atoms with Gasteiger partial charge in [0.05, 0.1) is 67.9 Å². The number of nitrogens with zero attached hydrogens (tertiary/aromatic N) is 8. The van der Waals surface area contributed by atoms with Crippen LogP contribution in [0.2, 0.25) is 0 Å². The van der Waals surface area contributed by atoms with Gasteiger partial charge < -0.3 is 8.80 Å². The summed E-state index contributed by atoms with van der Waals surface area (Å²) in [5, 5.41) is 20.5. The van der Waals surface area contributed by atoms with E-state index in [0.717, 1.165) is 110 Å². The first-order valence-corrected chi connectivity index (χ1v) is 28.2. The van der Waals surface area contributed by atoms with Crippen LogP contribution < -0.4 is 0 Å². The molecule has 0 aliphatic heterocycles. The highest BCUT2D eigenvalue weighted by Gasteiger charge is 2.46. The molecular weight excluding hydrogens is 1000 g/mol. The second-order valence-electron chi connectivity index (χ2n) is 23.2. The molecule has 17 aromatic rings. The SMILES string of the molecule is [C-]#[N+]c1cc2c(c3c1C1c4ccccc4C3c3ccccc31)c1cc3c(ncn3-c3ccccc3)c3c4cc5c(cc4n2c13)c1c2ncn(-c3ccccc3)c2cc2c3c4c(c(C#N)cc3n5c21)C1c2ccccc2C4c2ccccc21. The van der Waals surface area contributed by atoms with Gasteiger partial charge in [-0.2, -0.15) is 5.26 Å². The molecule has 0 atom stereocenters. The summed E-state index contributed by atoms with van der Waals surface area (Å²) in [4.78, 5) is 15.3. The van der Waals surface area contributed by atoms with Gasteiger partial charge in [-0.3, -0.25) is 9.13 Å². The minimum atomic E-state index is -0.0711. The largest absolute Gasteiger partial charge is 0.309 e. The molecule has 0 amide bonds. The molecule has 6 aliphatic carbocycles. The highest BCUT2D eigenvalue weighted by Crippen LogP contribution is 2.63. The fraction of sp³-hybridized carbons (Fsp3) is 0.0541. The predicted octanol–water partition coefficient (Wildman–Crippen LogP) is 17.1. The van der Waals surface area contributed by atoms with Gasteiger partial charge in [0.15, 0.2) is 5.69 Å². The van der Waals surface area contributed by atoms with Crippen LogP contribution in [0.3, 0.4) is 0 Å². The van der Waals surface area contributed by atoms with Gasteiger partial charge in [0, 0.05) is 83.7 Å². The van der Waals surface area contributed by atoms with Gasteiger partial charge in [0.2, 0.25) is 0 Å². The number of imidazole rings is 2. The van der Waals surface area contributed by atoms with E-state index in [2.05, 4.69) is 223 Å². The van der Waals surface area contributed by atoms with Crippen LogP contribution in [0.1, 0.15) is 96.0 Å². The first-order chi connectivity index (χ1) is 40.7. The summed E-state index contributed by atoms with van der Waals surface area (Å²) in [7, 11) is 0. The zero-order valence-corrected chi connectivity index (χ0v) is 43.5. The average molecular weight is 1040 g/mol. The summed E-state index contributed by atoms with van der Waals surface area (Å²) in [6.45, 7) is 9.03. The third-order valence-corrected chi connectivity index (χ3v) is 19.9. The standard InChI is InChI=1S/C74H38N8/c1-76-52-33-56-65(70-63-46-26-14-10-22-42(46)61(68(52)70)43-23-11-15-27-47(43)63)51-32-58-72(78-36-80(58)39-18-6-3-7-19-39)67-49-29-53-48(30-54(49)82(56)74(51)67)66-71-57(79(35-77-71)38-16-4-2-5-17-38)31-50-64-55(81(53)73(50)66)28-37(34-75)59-60-40-20-8-12-24-44(40)62(69(59)64)45-25-13-9-21-41(45)60/h2-33,35-36,60-63H. The van der Waals surface area contributed by atoms with E-state index >= 15 is 0 Å². The van der Waals surface area contributed by atoms with Gasteiger partial charge in [0.1, 0.15) is 12.7 Å². The van der Waals surface area contributed by atoms with E-state index in [9.17, 15) is 5.26 Å². The fourth-order valence-corrected chi connectivity index (χ4v) is 17.1. The number of nitriles is 1. The fourth-order valence-electron chi connectivity index (χ4n) is 17.1. The van der Waals surface area contributed by atoms with Gasteiger partial charge in [-0.15, -0.1) is 0 Å². The minimum absolute atomic E-state index is 0.0567. The van der Waals surface area contributed by atoms with Crippen molar-refractivity contribution >= 4 is 104 Å². The number of hydrogen-bond acceptors (Lipinski definition) is 3. The molecule has 6 heterocycles. The topological polar surface area (TPSA) is 72.6 Å². The molecule has 0 saturated carbocycles. The molecule has 6 aliphatic rings. The smallest absolute Gasteiger partial charge is 0.193 e. The van der Waals surface area contributed by atoms with Crippen LogP contribution in [-0.2, 0) is 0 Å². The van der Waals surface area contributed by atoms with Gasteiger partial charge in [-0.1, -0.05) is 133 Å². The Kier molecular flexibility index (Phi) is 7.27. The first kappa shape index (κ1) is 42.0. The maximum absolute atomic E-state index is 11.5.